The second kappa shape index (κ2) is 6.23. The van der Waals surface area contributed by atoms with Gasteiger partial charge in [0.05, 0.1) is 11.5 Å². The van der Waals surface area contributed by atoms with E-state index >= 15 is 0 Å². The molecule has 4 rings (SSSR count). The van der Waals surface area contributed by atoms with Crippen LogP contribution in [0.1, 0.15) is 24.7 Å². The van der Waals surface area contributed by atoms with Gasteiger partial charge in [0.25, 0.3) is 0 Å². The van der Waals surface area contributed by atoms with E-state index in [2.05, 4.69) is 40.0 Å². The Morgan fingerprint density at radius 1 is 1.23 bits per heavy atom. The number of aromatic nitrogens is 2. The number of para-hydroxylation sites is 1. The molecule has 7 heteroatoms. The number of rotatable bonds is 3. The topological polar surface area (TPSA) is 66.4 Å². The van der Waals surface area contributed by atoms with E-state index in [-0.39, 0.29) is 17.5 Å². The number of hydrogen-bond donors (Lipinski definition) is 0. The molecule has 2 aliphatic heterocycles. The first kappa shape index (κ1) is 17.3. The van der Waals surface area contributed by atoms with Gasteiger partial charge in [-0.2, -0.15) is 0 Å². The van der Waals surface area contributed by atoms with Crippen LogP contribution in [0.4, 0.5) is 17.3 Å². The van der Waals surface area contributed by atoms with Crippen molar-refractivity contribution in [2.75, 3.05) is 28.4 Å². The SMILES string of the molecule is Cc1nc(N(C)C2CCS(=O)(=O)C2)cc(N2c3ccccc3CC2C)n1. The van der Waals surface area contributed by atoms with Crippen LogP contribution in [0.3, 0.4) is 0 Å². The molecule has 0 N–H and O–H groups in total. The van der Waals surface area contributed by atoms with Crippen molar-refractivity contribution in [2.45, 2.75) is 38.8 Å². The van der Waals surface area contributed by atoms with Gasteiger partial charge >= 0.3 is 0 Å². The zero-order valence-electron chi connectivity index (χ0n) is 15.4. The van der Waals surface area contributed by atoms with Gasteiger partial charge in [-0.3, -0.25) is 0 Å². The molecular weight excluding hydrogens is 348 g/mol. The molecule has 0 saturated carbocycles. The van der Waals surface area contributed by atoms with Crippen LogP contribution in [0.5, 0.6) is 0 Å². The van der Waals surface area contributed by atoms with Gasteiger partial charge in [-0.15, -0.1) is 0 Å². The normalized spacial score (nSPS) is 23.9. The molecule has 1 saturated heterocycles. The van der Waals surface area contributed by atoms with E-state index in [0.717, 1.165) is 18.1 Å². The maximum atomic E-state index is 11.8. The number of sulfone groups is 1. The quantitative estimate of drug-likeness (QED) is 0.825. The van der Waals surface area contributed by atoms with Crippen LogP contribution in [0, 0.1) is 6.92 Å². The summed E-state index contributed by atoms with van der Waals surface area (Å²) in [5.74, 6) is 2.81. The largest absolute Gasteiger partial charge is 0.355 e. The number of aryl methyl sites for hydroxylation is 1. The molecule has 2 unspecified atom stereocenters. The van der Waals surface area contributed by atoms with Crippen molar-refractivity contribution >= 4 is 27.2 Å². The van der Waals surface area contributed by atoms with Crippen LogP contribution in [0.15, 0.2) is 30.3 Å². The van der Waals surface area contributed by atoms with Crippen LogP contribution in [-0.4, -0.2) is 49.0 Å². The molecule has 0 spiro atoms. The van der Waals surface area contributed by atoms with E-state index in [0.29, 0.717) is 18.3 Å². The highest BCUT2D eigenvalue weighted by Gasteiger charge is 2.33. The van der Waals surface area contributed by atoms with Crippen LogP contribution in [0.25, 0.3) is 0 Å². The predicted octanol–water partition coefficient (Wildman–Crippen LogP) is 2.49. The summed E-state index contributed by atoms with van der Waals surface area (Å²) in [5.41, 5.74) is 2.52. The lowest BCUT2D eigenvalue weighted by atomic mass is 10.1. The lowest BCUT2D eigenvalue weighted by Crippen LogP contribution is -2.34. The molecule has 0 radical (unpaired) electrons. The molecule has 1 aromatic heterocycles. The highest BCUT2D eigenvalue weighted by atomic mass is 32.2. The van der Waals surface area contributed by atoms with Gasteiger partial charge in [0, 0.05) is 30.9 Å². The van der Waals surface area contributed by atoms with Gasteiger partial charge in [-0.1, -0.05) is 18.2 Å². The van der Waals surface area contributed by atoms with Crippen molar-refractivity contribution in [1.82, 2.24) is 9.97 Å². The minimum atomic E-state index is -2.93. The zero-order chi connectivity index (χ0) is 18.5. The fourth-order valence-electron chi connectivity index (χ4n) is 4.02. The molecule has 6 nitrogen and oxygen atoms in total. The summed E-state index contributed by atoms with van der Waals surface area (Å²) in [5, 5.41) is 0. The zero-order valence-corrected chi connectivity index (χ0v) is 16.2. The molecule has 2 aliphatic rings. The molecule has 0 amide bonds. The van der Waals surface area contributed by atoms with Gasteiger partial charge in [0.1, 0.15) is 17.5 Å². The molecular formula is C19H24N4O2S. The standard InChI is InChI=1S/C19H24N4O2S/c1-13-10-15-6-4-5-7-17(15)23(13)19-11-18(20-14(2)21-19)22(3)16-8-9-26(24,25)12-16/h4-7,11,13,16H,8-10,12H2,1-3H3. The minimum absolute atomic E-state index is 0.0227. The summed E-state index contributed by atoms with van der Waals surface area (Å²) < 4.78 is 23.7. The van der Waals surface area contributed by atoms with Crippen molar-refractivity contribution in [3.63, 3.8) is 0 Å². The first-order valence-corrected chi connectivity index (χ1v) is 10.8. The monoisotopic (exact) mass is 372 g/mol. The Balaban J connectivity index is 1.69. The number of nitrogens with zero attached hydrogens (tertiary/aromatic N) is 4. The smallest absolute Gasteiger partial charge is 0.152 e. The van der Waals surface area contributed by atoms with Crippen LogP contribution < -0.4 is 9.80 Å². The number of fused-ring (bicyclic) bond motifs is 1. The van der Waals surface area contributed by atoms with E-state index in [1.54, 1.807) is 0 Å². The van der Waals surface area contributed by atoms with Crippen molar-refractivity contribution in [3.8, 4) is 0 Å². The third-order valence-corrected chi connectivity index (χ3v) is 7.13. The van der Waals surface area contributed by atoms with E-state index < -0.39 is 9.84 Å². The molecule has 0 bridgehead atoms. The Labute approximate surface area is 154 Å². The van der Waals surface area contributed by atoms with E-state index in [1.165, 1.54) is 11.3 Å². The number of benzene rings is 1. The summed E-state index contributed by atoms with van der Waals surface area (Å²) >= 11 is 0. The molecule has 1 aromatic carbocycles. The Bertz CT molecular complexity index is 944. The van der Waals surface area contributed by atoms with Gasteiger partial charge in [-0.05, 0) is 38.3 Å². The third kappa shape index (κ3) is 3.05. The summed E-state index contributed by atoms with van der Waals surface area (Å²) in [6.07, 6.45) is 1.64. The Kier molecular flexibility index (Phi) is 4.14. The third-order valence-electron chi connectivity index (χ3n) is 5.38. The molecule has 0 aliphatic carbocycles. The first-order chi connectivity index (χ1) is 12.3. The maximum absolute atomic E-state index is 11.8. The average Bonchev–Trinajstić information content (AvgIpc) is 3.12. The van der Waals surface area contributed by atoms with E-state index in [4.69, 9.17) is 0 Å². The van der Waals surface area contributed by atoms with E-state index in [1.807, 2.05) is 31.0 Å². The second-order valence-electron chi connectivity index (χ2n) is 7.35. The van der Waals surface area contributed by atoms with Gasteiger partial charge in [0.2, 0.25) is 0 Å². The highest BCUT2D eigenvalue weighted by Crippen LogP contribution is 2.38. The summed E-state index contributed by atoms with van der Waals surface area (Å²) in [4.78, 5) is 13.5. The lowest BCUT2D eigenvalue weighted by molar-refractivity contribution is 0.600. The number of anilines is 3. The van der Waals surface area contributed by atoms with Gasteiger partial charge < -0.3 is 9.80 Å². The first-order valence-electron chi connectivity index (χ1n) is 9.00. The maximum Gasteiger partial charge on any atom is 0.152 e. The van der Waals surface area contributed by atoms with Crippen molar-refractivity contribution in [2.24, 2.45) is 0 Å². The van der Waals surface area contributed by atoms with Crippen molar-refractivity contribution in [1.29, 1.82) is 0 Å². The number of hydrogen-bond acceptors (Lipinski definition) is 6. The van der Waals surface area contributed by atoms with Gasteiger partial charge in [0.15, 0.2) is 9.84 Å². The molecule has 138 valence electrons. The van der Waals surface area contributed by atoms with Crippen molar-refractivity contribution < 1.29 is 8.42 Å². The Morgan fingerprint density at radius 2 is 2.00 bits per heavy atom. The molecule has 26 heavy (non-hydrogen) atoms. The minimum Gasteiger partial charge on any atom is -0.355 e. The molecule has 2 atom stereocenters. The summed E-state index contributed by atoms with van der Waals surface area (Å²) in [6.45, 7) is 4.09. The summed E-state index contributed by atoms with van der Waals surface area (Å²) in [6, 6.07) is 10.7. The molecule has 2 aromatic rings. The van der Waals surface area contributed by atoms with Crippen LogP contribution in [0.2, 0.25) is 0 Å². The average molecular weight is 372 g/mol. The Hall–Kier alpha value is -2.15. The van der Waals surface area contributed by atoms with Gasteiger partial charge in [-0.25, -0.2) is 18.4 Å². The second-order valence-corrected chi connectivity index (χ2v) is 9.58. The fraction of sp³-hybridized carbons (Fsp3) is 0.474. The van der Waals surface area contributed by atoms with E-state index in [9.17, 15) is 8.42 Å². The lowest BCUT2D eigenvalue weighted by Gasteiger charge is -2.28. The van der Waals surface area contributed by atoms with Crippen LogP contribution >= 0.6 is 0 Å². The fourth-order valence-corrected chi connectivity index (χ4v) is 5.80. The van der Waals surface area contributed by atoms with Crippen LogP contribution in [-0.2, 0) is 16.3 Å². The molecule has 3 heterocycles. The highest BCUT2D eigenvalue weighted by molar-refractivity contribution is 7.91. The summed E-state index contributed by atoms with van der Waals surface area (Å²) in [7, 11) is -1.000. The predicted molar refractivity (Wildman–Crippen MR) is 104 cm³/mol. The molecule has 1 fully saturated rings. The Morgan fingerprint density at radius 3 is 2.73 bits per heavy atom. The van der Waals surface area contributed by atoms with Crippen molar-refractivity contribution in [3.05, 3.63) is 41.7 Å².